The van der Waals surface area contributed by atoms with Crippen molar-refractivity contribution < 1.29 is 19.2 Å². The fraction of sp³-hybridized carbons (Fsp3) is 0.160. The van der Waals surface area contributed by atoms with E-state index in [1.165, 1.54) is 36.4 Å². The first-order chi connectivity index (χ1) is 15.6. The third kappa shape index (κ3) is 4.32. The number of alkyl carbamates (subject to hydrolysis) is 1. The number of nitro benzene ring substituents is 1. The van der Waals surface area contributed by atoms with Crippen LogP contribution in [-0.2, 0) is 4.74 Å². The highest BCUT2D eigenvalue weighted by molar-refractivity contribution is 5.79. The molecule has 0 saturated carbocycles. The van der Waals surface area contributed by atoms with Crippen LogP contribution in [0, 0.1) is 10.1 Å². The summed E-state index contributed by atoms with van der Waals surface area (Å²) in [5.74, 6) is 0.505. The summed E-state index contributed by atoms with van der Waals surface area (Å²) < 4.78 is 10.7. The molecule has 1 N–H and O–H groups in total. The SMILES string of the molecule is COc1ccc([N+](=O)[O-])cc1C=CCNC(=O)OCC1c2ccccc2-c2ccccc21. The third-order valence-electron chi connectivity index (χ3n) is 5.43. The number of nitrogens with zero attached hydrogens (tertiary/aromatic N) is 1. The number of ether oxygens (including phenoxy) is 2. The van der Waals surface area contributed by atoms with Gasteiger partial charge in [-0.15, -0.1) is 0 Å². The van der Waals surface area contributed by atoms with Crippen molar-refractivity contribution in [3.05, 3.63) is 99.6 Å². The first kappa shape index (κ1) is 21.1. The number of methoxy groups -OCH3 is 1. The molecule has 7 heteroatoms. The lowest BCUT2D eigenvalue weighted by Crippen LogP contribution is -2.26. The zero-order valence-electron chi connectivity index (χ0n) is 17.5. The van der Waals surface area contributed by atoms with Gasteiger partial charge in [0.05, 0.1) is 12.0 Å². The zero-order valence-corrected chi connectivity index (χ0v) is 17.5. The first-order valence-electron chi connectivity index (χ1n) is 10.2. The maximum absolute atomic E-state index is 12.2. The molecule has 0 bridgehead atoms. The summed E-state index contributed by atoms with van der Waals surface area (Å²) in [6, 6.07) is 20.6. The third-order valence-corrected chi connectivity index (χ3v) is 5.43. The van der Waals surface area contributed by atoms with Crippen LogP contribution in [0.15, 0.2) is 72.8 Å². The predicted octanol–water partition coefficient (Wildman–Crippen LogP) is 5.16. The Balaban J connectivity index is 1.35. The first-order valence-corrected chi connectivity index (χ1v) is 10.2. The van der Waals surface area contributed by atoms with Crippen molar-refractivity contribution in [2.45, 2.75) is 5.92 Å². The lowest BCUT2D eigenvalue weighted by Gasteiger charge is -2.14. The maximum Gasteiger partial charge on any atom is 0.407 e. The summed E-state index contributed by atoms with van der Waals surface area (Å²) in [6.45, 7) is 0.449. The van der Waals surface area contributed by atoms with Gasteiger partial charge in [0.15, 0.2) is 0 Å². The second-order valence-corrected chi connectivity index (χ2v) is 7.29. The molecule has 7 nitrogen and oxygen atoms in total. The van der Waals surface area contributed by atoms with Crippen molar-refractivity contribution in [2.24, 2.45) is 0 Å². The maximum atomic E-state index is 12.2. The molecular weight excluding hydrogens is 408 g/mol. The number of carbonyl (C=O) groups is 1. The van der Waals surface area contributed by atoms with E-state index in [1.54, 1.807) is 12.2 Å². The number of nitro groups is 1. The van der Waals surface area contributed by atoms with Crippen LogP contribution in [0.1, 0.15) is 22.6 Å². The van der Waals surface area contributed by atoms with Crippen molar-refractivity contribution in [1.82, 2.24) is 5.32 Å². The minimum Gasteiger partial charge on any atom is -0.496 e. The van der Waals surface area contributed by atoms with Gasteiger partial charge in [0.2, 0.25) is 0 Å². The van der Waals surface area contributed by atoms with Crippen LogP contribution in [0.4, 0.5) is 10.5 Å². The number of carbonyl (C=O) groups excluding carboxylic acids is 1. The molecule has 0 spiro atoms. The molecule has 0 saturated heterocycles. The molecule has 0 atom stereocenters. The highest BCUT2D eigenvalue weighted by Gasteiger charge is 2.28. The van der Waals surface area contributed by atoms with Crippen LogP contribution in [0.2, 0.25) is 0 Å². The molecule has 1 aliphatic carbocycles. The lowest BCUT2D eigenvalue weighted by molar-refractivity contribution is -0.384. The van der Waals surface area contributed by atoms with Crippen LogP contribution in [0.5, 0.6) is 5.75 Å². The second-order valence-electron chi connectivity index (χ2n) is 7.29. The minimum atomic E-state index is -0.525. The molecule has 3 aromatic rings. The number of fused-ring (bicyclic) bond motifs is 3. The van der Waals surface area contributed by atoms with Crippen molar-refractivity contribution in [3.63, 3.8) is 0 Å². The van der Waals surface area contributed by atoms with Gasteiger partial charge in [-0.3, -0.25) is 10.1 Å². The summed E-state index contributed by atoms with van der Waals surface area (Å²) in [7, 11) is 1.49. The van der Waals surface area contributed by atoms with Crippen molar-refractivity contribution >= 4 is 17.9 Å². The Hall–Kier alpha value is -4.13. The molecule has 0 fully saturated rings. The second kappa shape index (κ2) is 9.34. The van der Waals surface area contributed by atoms with Gasteiger partial charge in [0.1, 0.15) is 12.4 Å². The van der Waals surface area contributed by atoms with Crippen LogP contribution in [-0.4, -0.2) is 31.3 Å². The van der Waals surface area contributed by atoms with Gasteiger partial charge in [-0.25, -0.2) is 4.79 Å². The largest absolute Gasteiger partial charge is 0.496 e. The molecule has 4 rings (SSSR count). The summed E-state index contributed by atoms with van der Waals surface area (Å²) >= 11 is 0. The molecule has 1 aliphatic rings. The van der Waals surface area contributed by atoms with Crippen LogP contribution >= 0.6 is 0 Å². The summed E-state index contributed by atoms with van der Waals surface area (Å²) in [5, 5.41) is 13.7. The summed E-state index contributed by atoms with van der Waals surface area (Å²) in [6.07, 6.45) is 2.82. The molecule has 32 heavy (non-hydrogen) atoms. The Labute approximate surface area is 185 Å². The highest BCUT2D eigenvalue weighted by atomic mass is 16.6. The Kier molecular flexibility index (Phi) is 6.17. The Bertz CT molecular complexity index is 1140. The highest BCUT2D eigenvalue weighted by Crippen LogP contribution is 2.44. The predicted molar refractivity (Wildman–Crippen MR) is 122 cm³/mol. The van der Waals surface area contributed by atoms with Gasteiger partial charge in [0, 0.05) is 30.2 Å². The molecular formula is C25H22N2O5. The standard InChI is InChI=1S/C25H22N2O5/c1-31-24-13-12-18(27(29)30)15-17(24)7-6-14-26-25(28)32-16-23-21-10-4-2-8-19(21)20-9-3-5-11-22(20)23/h2-13,15,23H,14,16H2,1H3,(H,26,28). The summed E-state index contributed by atoms with van der Waals surface area (Å²) in [5.41, 5.74) is 5.17. The molecule has 0 aromatic heterocycles. The number of non-ortho nitro benzene ring substituents is 1. The van der Waals surface area contributed by atoms with Gasteiger partial charge in [-0.05, 0) is 28.3 Å². The molecule has 3 aromatic carbocycles. The van der Waals surface area contributed by atoms with Gasteiger partial charge in [0.25, 0.3) is 5.69 Å². The number of hydrogen-bond acceptors (Lipinski definition) is 5. The topological polar surface area (TPSA) is 90.7 Å². The van der Waals surface area contributed by atoms with Gasteiger partial charge in [-0.1, -0.05) is 60.7 Å². The number of nitrogens with one attached hydrogen (secondary N) is 1. The Morgan fingerprint density at radius 2 is 1.72 bits per heavy atom. The summed E-state index contributed by atoms with van der Waals surface area (Å²) in [4.78, 5) is 22.7. The van der Waals surface area contributed by atoms with Crippen molar-refractivity contribution in [2.75, 3.05) is 20.3 Å². The lowest BCUT2D eigenvalue weighted by atomic mass is 9.98. The molecule has 0 unspecified atom stereocenters. The fourth-order valence-electron chi connectivity index (χ4n) is 3.94. The smallest absolute Gasteiger partial charge is 0.407 e. The van der Waals surface area contributed by atoms with E-state index in [1.807, 2.05) is 24.3 Å². The van der Waals surface area contributed by atoms with E-state index in [9.17, 15) is 14.9 Å². The van der Waals surface area contributed by atoms with E-state index in [4.69, 9.17) is 9.47 Å². The van der Waals surface area contributed by atoms with Crippen molar-refractivity contribution in [3.8, 4) is 16.9 Å². The van der Waals surface area contributed by atoms with Gasteiger partial charge < -0.3 is 14.8 Å². The fourth-order valence-corrected chi connectivity index (χ4v) is 3.94. The van der Waals surface area contributed by atoms with E-state index in [0.717, 1.165) is 11.1 Å². The number of hydrogen-bond donors (Lipinski definition) is 1. The Morgan fingerprint density at radius 3 is 2.34 bits per heavy atom. The number of rotatable bonds is 7. The molecule has 0 heterocycles. The van der Waals surface area contributed by atoms with E-state index in [2.05, 4.69) is 29.6 Å². The van der Waals surface area contributed by atoms with Crippen LogP contribution in [0.3, 0.4) is 0 Å². The van der Waals surface area contributed by atoms with Crippen molar-refractivity contribution in [1.29, 1.82) is 0 Å². The molecule has 0 aliphatic heterocycles. The van der Waals surface area contributed by atoms with Gasteiger partial charge >= 0.3 is 6.09 Å². The quantitative estimate of drug-likeness (QED) is 0.413. The number of benzene rings is 3. The molecule has 1 amide bonds. The zero-order chi connectivity index (χ0) is 22.5. The van der Waals surface area contributed by atoms with Crippen LogP contribution in [0.25, 0.3) is 17.2 Å². The average molecular weight is 430 g/mol. The Morgan fingerprint density at radius 1 is 1.06 bits per heavy atom. The van der Waals surface area contributed by atoms with E-state index >= 15 is 0 Å². The molecule has 162 valence electrons. The minimum absolute atomic E-state index is 0.00202. The van der Waals surface area contributed by atoms with E-state index in [-0.39, 0.29) is 24.8 Å². The average Bonchev–Trinajstić information content (AvgIpc) is 3.14. The van der Waals surface area contributed by atoms with Gasteiger partial charge in [-0.2, -0.15) is 0 Å². The van der Waals surface area contributed by atoms with Crippen LogP contribution < -0.4 is 10.1 Å². The van der Waals surface area contributed by atoms with E-state index < -0.39 is 11.0 Å². The van der Waals surface area contributed by atoms with E-state index in [0.29, 0.717) is 11.3 Å². The normalized spacial score (nSPS) is 12.3. The monoisotopic (exact) mass is 430 g/mol. The number of amides is 1. The molecule has 0 radical (unpaired) electrons.